The van der Waals surface area contributed by atoms with E-state index < -0.39 is 23.5 Å². The summed E-state index contributed by atoms with van der Waals surface area (Å²) in [4.78, 5) is 45.3. The topological polar surface area (TPSA) is 101 Å². The molecule has 0 N–H and O–H groups in total. The van der Waals surface area contributed by atoms with Crippen LogP contribution < -0.4 is 14.4 Å². The van der Waals surface area contributed by atoms with Crippen LogP contribution in [0.2, 0.25) is 0 Å². The molecule has 3 aliphatic rings. The number of halogens is 2. The van der Waals surface area contributed by atoms with Gasteiger partial charge in [0.2, 0.25) is 5.91 Å². The summed E-state index contributed by atoms with van der Waals surface area (Å²) in [5, 5.41) is 1.05. The van der Waals surface area contributed by atoms with E-state index in [1.54, 1.807) is 19.9 Å². The third kappa shape index (κ3) is 5.89. The minimum Gasteiger partial charge on any atom is -0.462 e. The van der Waals surface area contributed by atoms with Crippen molar-refractivity contribution in [1.29, 1.82) is 0 Å². The average molecular weight is 681 g/mol. The van der Waals surface area contributed by atoms with Gasteiger partial charge < -0.3 is 24.2 Å². The third-order valence-corrected chi connectivity index (χ3v) is 10.1. The zero-order chi connectivity index (χ0) is 35.3. The van der Waals surface area contributed by atoms with E-state index in [9.17, 15) is 9.59 Å². The van der Waals surface area contributed by atoms with Crippen LogP contribution in [0, 0.1) is 29.9 Å². The van der Waals surface area contributed by atoms with Gasteiger partial charge in [-0.2, -0.15) is 9.97 Å². The van der Waals surface area contributed by atoms with Gasteiger partial charge >= 0.3 is 12.0 Å². The Kier molecular flexibility index (Phi) is 8.86. The van der Waals surface area contributed by atoms with Gasteiger partial charge in [-0.3, -0.25) is 14.6 Å². The lowest BCUT2D eigenvalue weighted by Gasteiger charge is -2.41. The number of piperazine rings is 1. The Bertz CT molecular complexity index is 2070. The number of hydrogen-bond acceptors (Lipinski definition) is 9. The molecule has 0 unspecified atom stereocenters. The Labute approximate surface area is 289 Å². The van der Waals surface area contributed by atoms with Crippen LogP contribution >= 0.6 is 0 Å². The van der Waals surface area contributed by atoms with Crippen LogP contribution in [-0.4, -0.2) is 88.0 Å². The summed E-state index contributed by atoms with van der Waals surface area (Å²) in [6.07, 6.45) is 12.3. The molecule has 7 rings (SSSR count). The Morgan fingerprint density at radius 1 is 1.14 bits per heavy atom. The molecule has 3 aliphatic heterocycles. The van der Waals surface area contributed by atoms with E-state index in [4.69, 9.17) is 20.9 Å². The molecule has 3 atom stereocenters. The van der Waals surface area contributed by atoms with Gasteiger partial charge in [-0.15, -0.1) is 6.42 Å². The fraction of sp³-hybridized carbons (Fsp3) is 0.395. The number of carbonyl (C=O) groups is 2. The van der Waals surface area contributed by atoms with Gasteiger partial charge in [-0.25, -0.2) is 8.78 Å². The van der Waals surface area contributed by atoms with E-state index >= 15 is 8.78 Å². The van der Waals surface area contributed by atoms with Crippen molar-refractivity contribution in [3.63, 3.8) is 0 Å². The molecule has 258 valence electrons. The SMILES string of the molecule is C#Cc1c(F)ccc2cc(OC(=O)C(C)C)cc(-c3ncc4c(N5C[C@H]6CC[C@@H](C5)N6C(=O)C=C)nc(OC[C@@H]5CCCN5C)nc4c3F)c12. The van der Waals surface area contributed by atoms with Crippen LogP contribution in [-0.2, 0) is 9.59 Å². The molecule has 2 bridgehead atoms. The second-order valence-corrected chi connectivity index (χ2v) is 13.6. The molecule has 3 saturated heterocycles. The number of terminal acetylenes is 1. The molecule has 0 radical (unpaired) electrons. The van der Waals surface area contributed by atoms with Gasteiger partial charge in [0, 0.05) is 48.4 Å². The summed E-state index contributed by atoms with van der Waals surface area (Å²) in [7, 11) is 2.04. The highest BCUT2D eigenvalue weighted by Crippen LogP contribution is 2.40. The molecular weight excluding hydrogens is 642 g/mol. The molecule has 1 amide bonds. The number of likely N-dealkylation sites (tertiary alicyclic amines) is 1. The largest absolute Gasteiger partial charge is 0.462 e. The number of carbonyl (C=O) groups excluding carboxylic acids is 2. The maximum Gasteiger partial charge on any atom is 0.319 e. The fourth-order valence-electron chi connectivity index (χ4n) is 7.45. The summed E-state index contributed by atoms with van der Waals surface area (Å²) in [5.74, 6) is 0.510. The maximum atomic E-state index is 17.1. The molecule has 4 aromatic rings. The highest BCUT2D eigenvalue weighted by Gasteiger charge is 2.42. The van der Waals surface area contributed by atoms with Crippen LogP contribution in [0.25, 0.3) is 32.9 Å². The number of nitrogens with zero attached hydrogens (tertiary/aromatic N) is 6. The number of likely N-dealkylation sites (N-methyl/N-ethyl adjacent to an activating group) is 1. The van der Waals surface area contributed by atoms with Crippen molar-refractivity contribution < 1.29 is 27.8 Å². The van der Waals surface area contributed by atoms with Crippen LogP contribution in [0.15, 0.2) is 43.1 Å². The second-order valence-electron chi connectivity index (χ2n) is 13.6. The zero-order valence-electron chi connectivity index (χ0n) is 28.3. The summed E-state index contributed by atoms with van der Waals surface area (Å²) >= 11 is 0. The monoisotopic (exact) mass is 680 g/mol. The van der Waals surface area contributed by atoms with Gasteiger partial charge in [-0.1, -0.05) is 32.4 Å². The normalized spacial score (nSPS) is 20.5. The lowest BCUT2D eigenvalue weighted by atomic mass is 9.95. The summed E-state index contributed by atoms with van der Waals surface area (Å²) in [6, 6.07) is 5.80. The van der Waals surface area contributed by atoms with Crippen LogP contribution in [0.5, 0.6) is 11.8 Å². The number of ether oxygens (including phenoxy) is 2. The van der Waals surface area contributed by atoms with Crippen molar-refractivity contribution in [2.45, 2.75) is 57.7 Å². The number of amides is 1. The first-order valence-electron chi connectivity index (χ1n) is 16.9. The first-order chi connectivity index (χ1) is 24.1. The van der Waals surface area contributed by atoms with Gasteiger partial charge in [0.1, 0.15) is 35.2 Å². The summed E-state index contributed by atoms with van der Waals surface area (Å²) < 4.78 is 44.0. The van der Waals surface area contributed by atoms with Crippen molar-refractivity contribution in [1.82, 2.24) is 24.8 Å². The van der Waals surface area contributed by atoms with E-state index in [1.165, 1.54) is 30.5 Å². The summed E-state index contributed by atoms with van der Waals surface area (Å²) in [6.45, 7) is 9.32. The molecular formula is C38H38F2N6O4. The molecule has 5 heterocycles. The van der Waals surface area contributed by atoms with Crippen LogP contribution in [0.4, 0.5) is 14.6 Å². The van der Waals surface area contributed by atoms with Crippen molar-refractivity contribution in [3.05, 3.63) is 60.3 Å². The first kappa shape index (κ1) is 33.4. The van der Waals surface area contributed by atoms with Crippen LogP contribution in [0.3, 0.4) is 0 Å². The lowest BCUT2D eigenvalue weighted by molar-refractivity contribution is -0.137. The van der Waals surface area contributed by atoms with Gasteiger partial charge in [0.15, 0.2) is 5.82 Å². The van der Waals surface area contributed by atoms with E-state index in [1.807, 2.05) is 16.8 Å². The number of rotatable bonds is 8. The second kappa shape index (κ2) is 13.3. The summed E-state index contributed by atoms with van der Waals surface area (Å²) in [5.41, 5.74) is -0.121. The molecule has 12 heteroatoms. The molecule has 50 heavy (non-hydrogen) atoms. The highest BCUT2D eigenvalue weighted by molar-refractivity contribution is 6.03. The standard InChI is InChI=1S/C38H38F2N6O4/c1-6-27-30(39)13-10-22-15-26(50-37(48)21(3)4)16-28(32(22)27)34-33(40)35-29(17-41-34)36(43-38(42-35)49-20-25-9-8-14-44(25)5)45-18-23-11-12-24(19-45)46(23)31(47)7-2/h1,7,10,13,15-17,21,23-25H,2,8-9,11-12,14,18-20H2,3-5H3/t23-,24+,25-/m0/s1. The fourth-order valence-corrected chi connectivity index (χ4v) is 7.45. The Balaban J connectivity index is 1.38. The van der Waals surface area contributed by atoms with E-state index in [-0.39, 0.29) is 63.5 Å². The van der Waals surface area contributed by atoms with E-state index in [0.29, 0.717) is 36.3 Å². The average Bonchev–Trinajstić information content (AvgIpc) is 3.64. The number of aromatic nitrogens is 3. The molecule has 3 fully saturated rings. The van der Waals surface area contributed by atoms with Gasteiger partial charge in [-0.05, 0) is 68.9 Å². The molecule has 0 spiro atoms. The van der Waals surface area contributed by atoms with E-state index in [2.05, 4.69) is 27.4 Å². The maximum absolute atomic E-state index is 17.1. The molecule has 0 aliphatic carbocycles. The predicted octanol–water partition coefficient (Wildman–Crippen LogP) is 5.50. The highest BCUT2D eigenvalue weighted by atomic mass is 19.1. The van der Waals surface area contributed by atoms with Crippen molar-refractivity contribution in [2.75, 3.05) is 38.2 Å². The van der Waals surface area contributed by atoms with Crippen molar-refractivity contribution in [3.8, 4) is 35.4 Å². The molecule has 2 aromatic heterocycles. The first-order valence-corrected chi connectivity index (χ1v) is 16.9. The third-order valence-electron chi connectivity index (χ3n) is 10.1. The number of anilines is 1. The Morgan fingerprint density at radius 2 is 1.90 bits per heavy atom. The van der Waals surface area contributed by atoms with Crippen molar-refractivity contribution in [2.24, 2.45) is 5.92 Å². The Hall–Kier alpha value is -5.15. The number of pyridine rings is 1. The van der Waals surface area contributed by atoms with Crippen molar-refractivity contribution >= 4 is 39.4 Å². The lowest BCUT2D eigenvalue weighted by Crippen LogP contribution is -2.55. The smallest absolute Gasteiger partial charge is 0.319 e. The number of hydrogen-bond donors (Lipinski definition) is 0. The predicted molar refractivity (Wildman–Crippen MR) is 186 cm³/mol. The minimum absolute atomic E-state index is 0.0145. The van der Waals surface area contributed by atoms with Gasteiger partial charge in [0.25, 0.3) is 0 Å². The number of fused-ring (bicyclic) bond motifs is 4. The number of benzene rings is 2. The molecule has 10 nitrogen and oxygen atoms in total. The van der Waals surface area contributed by atoms with Crippen LogP contribution in [0.1, 0.15) is 45.1 Å². The van der Waals surface area contributed by atoms with E-state index in [0.717, 1.165) is 32.2 Å². The molecule has 2 aromatic carbocycles. The quantitative estimate of drug-likeness (QED) is 0.103. The molecule has 0 saturated carbocycles. The Morgan fingerprint density at radius 3 is 2.56 bits per heavy atom. The van der Waals surface area contributed by atoms with Gasteiger partial charge in [0.05, 0.1) is 16.9 Å². The zero-order valence-corrected chi connectivity index (χ0v) is 28.3. The number of esters is 1. The minimum atomic E-state index is -0.793.